The van der Waals surface area contributed by atoms with E-state index in [1.807, 2.05) is 0 Å². The Morgan fingerprint density at radius 1 is 1.24 bits per heavy atom. The molecule has 1 saturated carbocycles. The minimum Gasteiger partial charge on any atom is -0.374 e. The Morgan fingerprint density at radius 2 is 1.97 bits per heavy atom. The minimum absolute atomic E-state index is 0.173. The largest absolute Gasteiger partial charge is 0.424 e. The van der Waals surface area contributed by atoms with Gasteiger partial charge in [-0.1, -0.05) is 0 Å². The van der Waals surface area contributed by atoms with Crippen LogP contribution in [0.3, 0.4) is 0 Å². The molecule has 3 aromatic rings. The maximum absolute atomic E-state index is 13.0. The number of amides is 1. The van der Waals surface area contributed by atoms with Gasteiger partial charge < -0.3 is 15.4 Å². The number of ketones is 1. The van der Waals surface area contributed by atoms with E-state index < -0.39 is 23.5 Å². The summed E-state index contributed by atoms with van der Waals surface area (Å²) in [5.41, 5.74) is -2.12. The normalized spacial score (nSPS) is 21.0. The molecule has 9 nitrogen and oxygen atoms in total. The molecule has 3 N–H and O–H groups in total. The van der Waals surface area contributed by atoms with Crippen molar-refractivity contribution in [1.82, 2.24) is 29.8 Å². The summed E-state index contributed by atoms with van der Waals surface area (Å²) in [5.74, 6) is -1.61. The molecule has 4 rings (SSSR count). The number of Topliss-reactive ketones (excluding diaryl/α,β-unsaturated/α-hetero) is 1. The van der Waals surface area contributed by atoms with E-state index >= 15 is 0 Å². The van der Waals surface area contributed by atoms with Crippen molar-refractivity contribution in [1.29, 1.82) is 0 Å². The number of halogens is 3. The summed E-state index contributed by atoms with van der Waals surface area (Å²) in [6, 6.07) is 1.52. The molecule has 0 aromatic carbocycles. The van der Waals surface area contributed by atoms with E-state index in [-0.39, 0.29) is 24.1 Å². The Kier molecular flexibility index (Phi) is 5.95. The van der Waals surface area contributed by atoms with Gasteiger partial charge in [-0.3, -0.25) is 14.2 Å². The fourth-order valence-electron chi connectivity index (χ4n) is 3.97. The molecule has 1 aliphatic carbocycles. The number of carbonyl (C=O) groups excluding carboxylic acids is 2. The first kappa shape index (κ1) is 22.9. The molecule has 3 heterocycles. The number of fused-ring (bicyclic) bond motifs is 1. The highest BCUT2D eigenvalue weighted by atomic mass is 19.4. The van der Waals surface area contributed by atoms with Gasteiger partial charge >= 0.3 is 6.18 Å². The quantitative estimate of drug-likeness (QED) is 0.515. The van der Waals surface area contributed by atoms with Crippen molar-refractivity contribution >= 4 is 22.7 Å². The highest BCUT2D eigenvalue weighted by Gasteiger charge is 2.55. The van der Waals surface area contributed by atoms with Crippen molar-refractivity contribution in [2.45, 2.75) is 56.8 Å². The van der Waals surface area contributed by atoms with Gasteiger partial charge in [0.2, 0.25) is 11.5 Å². The second kappa shape index (κ2) is 8.58. The van der Waals surface area contributed by atoms with Crippen LogP contribution in [-0.4, -0.2) is 59.1 Å². The van der Waals surface area contributed by atoms with Crippen molar-refractivity contribution in [3.05, 3.63) is 36.7 Å². The van der Waals surface area contributed by atoms with Crippen LogP contribution >= 0.6 is 0 Å². The highest BCUT2D eigenvalue weighted by molar-refractivity contribution is 6.03. The number of alkyl halides is 3. The van der Waals surface area contributed by atoms with Crippen molar-refractivity contribution < 1.29 is 27.9 Å². The van der Waals surface area contributed by atoms with Gasteiger partial charge in [0.25, 0.3) is 5.91 Å². The third-order valence-electron chi connectivity index (χ3n) is 6.10. The summed E-state index contributed by atoms with van der Waals surface area (Å²) in [7, 11) is 0. The molecule has 0 unspecified atom stereocenters. The molecule has 0 radical (unpaired) electrons. The fraction of sp³-hybridized carbons (Fsp3) is 0.476. The van der Waals surface area contributed by atoms with Crippen molar-refractivity contribution in [2.24, 2.45) is 5.92 Å². The summed E-state index contributed by atoms with van der Waals surface area (Å²) in [4.78, 5) is 40.7. The Bertz CT molecular complexity index is 1150. The van der Waals surface area contributed by atoms with Crippen LogP contribution in [-0.2, 0) is 4.79 Å². The van der Waals surface area contributed by atoms with Crippen molar-refractivity contribution in [2.75, 3.05) is 0 Å². The first-order valence-corrected chi connectivity index (χ1v) is 10.5. The van der Waals surface area contributed by atoms with Gasteiger partial charge in [0.15, 0.2) is 11.5 Å². The predicted octanol–water partition coefficient (Wildman–Crippen LogP) is 2.70. The maximum atomic E-state index is 13.0. The number of hydrogen-bond donors (Lipinski definition) is 3. The van der Waals surface area contributed by atoms with E-state index in [1.54, 1.807) is 29.2 Å². The van der Waals surface area contributed by atoms with Gasteiger partial charge in [0.1, 0.15) is 6.33 Å². The summed E-state index contributed by atoms with van der Waals surface area (Å²) in [6.45, 7) is 0.488. The highest BCUT2D eigenvalue weighted by Crippen LogP contribution is 2.35. The molecule has 1 fully saturated rings. The molecule has 33 heavy (non-hydrogen) atoms. The first-order chi connectivity index (χ1) is 15.6. The maximum Gasteiger partial charge on any atom is 0.424 e. The smallest absolute Gasteiger partial charge is 0.374 e. The van der Waals surface area contributed by atoms with Crippen LogP contribution < -0.4 is 5.32 Å². The second-order valence-electron chi connectivity index (χ2n) is 8.47. The first-order valence-electron chi connectivity index (χ1n) is 10.5. The lowest BCUT2D eigenvalue weighted by Gasteiger charge is -2.31. The number of aromatic amines is 1. The number of imidazole rings is 1. The molecule has 0 spiro atoms. The SMILES string of the molecule is C[C@](O)(C(=O)CC1CCC(NC(=O)c2nc(-n3ccnc3)nc3cc[nH]c23)CC1)C(F)(F)F. The molecule has 0 bridgehead atoms. The Balaban J connectivity index is 1.40. The number of aromatic nitrogens is 5. The molecular weight excluding hydrogens is 441 g/mol. The van der Waals surface area contributed by atoms with E-state index in [0.717, 1.165) is 0 Å². The summed E-state index contributed by atoms with van der Waals surface area (Å²) in [6.07, 6.45) is 2.99. The molecule has 0 saturated heterocycles. The van der Waals surface area contributed by atoms with E-state index in [4.69, 9.17) is 0 Å². The monoisotopic (exact) mass is 464 g/mol. The van der Waals surface area contributed by atoms with Gasteiger partial charge in [-0.15, -0.1) is 0 Å². The zero-order valence-corrected chi connectivity index (χ0v) is 17.8. The van der Waals surface area contributed by atoms with Gasteiger partial charge in [0.05, 0.1) is 11.0 Å². The minimum atomic E-state index is -5.01. The Labute approximate surface area is 186 Å². The number of nitrogens with zero attached hydrogens (tertiary/aromatic N) is 4. The average Bonchev–Trinajstić information content (AvgIpc) is 3.45. The summed E-state index contributed by atoms with van der Waals surface area (Å²) < 4.78 is 40.2. The Morgan fingerprint density at radius 3 is 2.61 bits per heavy atom. The van der Waals surface area contributed by atoms with Gasteiger partial charge in [-0.05, 0) is 44.6 Å². The number of rotatable bonds is 6. The molecule has 3 aromatic heterocycles. The number of H-pyrrole nitrogens is 1. The number of hydrogen-bond acceptors (Lipinski definition) is 6. The van der Waals surface area contributed by atoms with Crippen LogP contribution in [0.1, 0.15) is 49.5 Å². The number of carbonyl (C=O) groups is 2. The molecule has 1 amide bonds. The third kappa shape index (κ3) is 4.61. The summed E-state index contributed by atoms with van der Waals surface area (Å²) >= 11 is 0. The molecule has 0 aliphatic heterocycles. The molecular formula is C21H23F3N6O3. The van der Waals surface area contributed by atoms with E-state index in [0.29, 0.717) is 49.6 Å². The van der Waals surface area contributed by atoms with E-state index in [1.165, 1.54) is 6.33 Å². The lowest BCUT2D eigenvalue weighted by molar-refractivity contribution is -0.244. The van der Waals surface area contributed by atoms with Gasteiger partial charge in [-0.2, -0.15) is 13.2 Å². The van der Waals surface area contributed by atoms with Crippen molar-refractivity contribution in [3.63, 3.8) is 0 Å². The van der Waals surface area contributed by atoms with Crippen LogP contribution in [0.5, 0.6) is 0 Å². The molecule has 176 valence electrons. The third-order valence-corrected chi connectivity index (χ3v) is 6.10. The number of aliphatic hydroxyl groups is 1. The molecule has 12 heteroatoms. The molecule has 1 aliphatic rings. The van der Waals surface area contributed by atoms with Gasteiger partial charge in [-0.25, -0.2) is 15.0 Å². The lowest BCUT2D eigenvalue weighted by Crippen LogP contribution is -2.50. The predicted molar refractivity (Wildman–Crippen MR) is 111 cm³/mol. The standard InChI is InChI=1S/C21H23F3N6O3/c1-20(33,21(22,23)24)15(31)10-12-2-4-13(5-3-12)27-18(32)17-16-14(6-7-26-16)28-19(29-17)30-9-8-25-11-30/h6-9,11-13,26,33H,2-5,10H2,1H3,(H,27,32)/t12?,13?,20-/m0/s1. The van der Waals surface area contributed by atoms with Crippen LogP contribution in [0, 0.1) is 5.92 Å². The van der Waals surface area contributed by atoms with Crippen LogP contribution in [0.25, 0.3) is 17.0 Å². The van der Waals surface area contributed by atoms with Crippen LogP contribution in [0.2, 0.25) is 0 Å². The van der Waals surface area contributed by atoms with E-state index in [9.17, 15) is 27.9 Å². The Hall–Kier alpha value is -3.28. The molecule has 1 atom stereocenters. The topological polar surface area (TPSA) is 126 Å². The number of nitrogens with one attached hydrogen (secondary N) is 2. The zero-order chi connectivity index (χ0) is 23.8. The van der Waals surface area contributed by atoms with Crippen molar-refractivity contribution in [3.8, 4) is 5.95 Å². The van der Waals surface area contributed by atoms with Crippen LogP contribution in [0.4, 0.5) is 13.2 Å². The average molecular weight is 464 g/mol. The summed E-state index contributed by atoms with van der Waals surface area (Å²) in [5, 5.41) is 12.5. The fourth-order valence-corrected chi connectivity index (χ4v) is 3.97. The zero-order valence-electron chi connectivity index (χ0n) is 17.8. The second-order valence-corrected chi connectivity index (χ2v) is 8.47. The van der Waals surface area contributed by atoms with E-state index in [2.05, 4.69) is 25.3 Å². The van der Waals surface area contributed by atoms with Gasteiger partial charge in [0, 0.05) is 31.1 Å². The van der Waals surface area contributed by atoms with Crippen LogP contribution in [0.15, 0.2) is 31.0 Å². The lowest BCUT2D eigenvalue weighted by atomic mass is 9.80.